The summed E-state index contributed by atoms with van der Waals surface area (Å²) in [6, 6.07) is 0. The molecule has 6 heteroatoms. The molecular weight excluding hydrogens is 198 g/mol. The van der Waals surface area contributed by atoms with Crippen LogP contribution in [-0.4, -0.2) is 34.3 Å². The fraction of sp³-hybridized carbons (Fsp3) is 0.556. The average molecular weight is 213 g/mol. The zero-order valence-electron chi connectivity index (χ0n) is 9.31. The summed E-state index contributed by atoms with van der Waals surface area (Å²) in [7, 11) is 3.07. The molecule has 1 aromatic rings. The zero-order valence-corrected chi connectivity index (χ0v) is 9.31. The van der Waals surface area contributed by atoms with Crippen LogP contribution in [0.25, 0.3) is 0 Å². The van der Waals surface area contributed by atoms with Gasteiger partial charge in [-0.3, -0.25) is 0 Å². The van der Waals surface area contributed by atoms with Gasteiger partial charge < -0.3 is 14.7 Å². The minimum Gasteiger partial charge on any atom is -0.493 e. The van der Waals surface area contributed by atoms with E-state index in [4.69, 9.17) is 4.74 Å². The van der Waals surface area contributed by atoms with Gasteiger partial charge in [0.05, 0.1) is 12.3 Å². The Hall–Kier alpha value is -1.72. The van der Waals surface area contributed by atoms with Crippen LogP contribution in [0.5, 0.6) is 11.8 Å². The van der Waals surface area contributed by atoms with E-state index < -0.39 is 0 Å². The predicted octanol–water partition coefficient (Wildman–Crippen LogP) is 0.895. The third kappa shape index (κ3) is 2.20. The molecule has 1 heterocycles. The molecule has 0 saturated carbocycles. The standard InChI is InChI=1S/C9H15N3O3/c1-5-15-8-7(6(2)11-14-4)9(13)12(3)10-8/h13H,5H2,1-4H3/b11-6+. The van der Waals surface area contributed by atoms with Crippen molar-refractivity contribution in [3.8, 4) is 11.8 Å². The molecule has 0 aromatic carbocycles. The van der Waals surface area contributed by atoms with Gasteiger partial charge in [-0.1, -0.05) is 5.16 Å². The van der Waals surface area contributed by atoms with Gasteiger partial charge in [0.2, 0.25) is 11.8 Å². The number of ether oxygens (including phenoxy) is 1. The van der Waals surface area contributed by atoms with Gasteiger partial charge in [-0.15, -0.1) is 5.10 Å². The Balaban J connectivity index is 3.18. The highest BCUT2D eigenvalue weighted by Crippen LogP contribution is 2.27. The maximum Gasteiger partial charge on any atom is 0.246 e. The molecule has 0 fully saturated rings. The van der Waals surface area contributed by atoms with Crippen LogP contribution in [0.3, 0.4) is 0 Å². The zero-order chi connectivity index (χ0) is 11.4. The third-order valence-electron chi connectivity index (χ3n) is 1.86. The lowest BCUT2D eigenvalue weighted by Crippen LogP contribution is -2.00. The summed E-state index contributed by atoms with van der Waals surface area (Å²) in [6.45, 7) is 4.03. The first-order valence-electron chi connectivity index (χ1n) is 4.58. The molecule has 6 nitrogen and oxygen atoms in total. The maximum atomic E-state index is 9.73. The SMILES string of the molecule is CCOc1nn(C)c(O)c1/C(C)=N/OC. The second kappa shape index (κ2) is 4.68. The second-order valence-corrected chi connectivity index (χ2v) is 2.92. The Kier molecular flexibility index (Phi) is 3.54. The van der Waals surface area contributed by atoms with Crippen LogP contribution in [0.4, 0.5) is 0 Å². The molecule has 84 valence electrons. The normalized spacial score (nSPS) is 11.6. The number of hydrogen-bond acceptors (Lipinski definition) is 5. The molecule has 1 aromatic heterocycles. The summed E-state index contributed by atoms with van der Waals surface area (Å²) < 4.78 is 6.61. The van der Waals surface area contributed by atoms with Crippen LogP contribution in [0.1, 0.15) is 19.4 Å². The number of aromatic hydroxyl groups is 1. The number of aromatic nitrogens is 2. The number of hydrogen-bond donors (Lipinski definition) is 1. The molecule has 0 aliphatic carbocycles. The van der Waals surface area contributed by atoms with Crippen molar-refractivity contribution in [1.29, 1.82) is 0 Å². The molecule has 1 rings (SSSR count). The minimum atomic E-state index is 0.0109. The fourth-order valence-corrected chi connectivity index (χ4v) is 1.23. The first-order chi connectivity index (χ1) is 7.11. The Morgan fingerprint density at radius 3 is 2.80 bits per heavy atom. The molecule has 0 unspecified atom stereocenters. The maximum absolute atomic E-state index is 9.73. The van der Waals surface area contributed by atoms with E-state index in [1.807, 2.05) is 6.92 Å². The number of oxime groups is 1. The van der Waals surface area contributed by atoms with E-state index in [1.165, 1.54) is 11.8 Å². The van der Waals surface area contributed by atoms with Crippen LogP contribution in [0, 0.1) is 0 Å². The van der Waals surface area contributed by atoms with Crippen LogP contribution < -0.4 is 4.74 Å². The van der Waals surface area contributed by atoms with Crippen molar-refractivity contribution in [2.45, 2.75) is 13.8 Å². The smallest absolute Gasteiger partial charge is 0.246 e. The quantitative estimate of drug-likeness (QED) is 0.595. The van der Waals surface area contributed by atoms with Crippen molar-refractivity contribution >= 4 is 5.71 Å². The van der Waals surface area contributed by atoms with E-state index in [1.54, 1.807) is 14.0 Å². The summed E-state index contributed by atoms with van der Waals surface area (Å²) in [5.74, 6) is 0.368. The third-order valence-corrected chi connectivity index (χ3v) is 1.86. The summed E-state index contributed by atoms with van der Waals surface area (Å²) >= 11 is 0. The van der Waals surface area contributed by atoms with E-state index in [0.29, 0.717) is 23.8 Å². The molecule has 15 heavy (non-hydrogen) atoms. The Morgan fingerprint density at radius 1 is 1.60 bits per heavy atom. The number of nitrogens with zero attached hydrogens (tertiary/aromatic N) is 3. The monoisotopic (exact) mass is 213 g/mol. The lowest BCUT2D eigenvalue weighted by molar-refractivity contribution is 0.213. The lowest BCUT2D eigenvalue weighted by atomic mass is 10.2. The van der Waals surface area contributed by atoms with Gasteiger partial charge in [0.15, 0.2) is 0 Å². The van der Waals surface area contributed by atoms with Crippen LogP contribution in [0.15, 0.2) is 5.16 Å². The van der Waals surface area contributed by atoms with Gasteiger partial charge in [0, 0.05) is 7.05 Å². The predicted molar refractivity (Wildman–Crippen MR) is 55.3 cm³/mol. The van der Waals surface area contributed by atoms with Gasteiger partial charge in [-0.2, -0.15) is 0 Å². The molecule has 0 amide bonds. The van der Waals surface area contributed by atoms with Gasteiger partial charge in [-0.25, -0.2) is 4.68 Å². The first kappa shape index (κ1) is 11.4. The summed E-state index contributed by atoms with van der Waals surface area (Å²) in [5, 5.41) is 17.5. The van der Waals surface area contributed by atoms with Gasteiger partial charge in [0.1, 0.15) is 12.7 Å². The minimum absolute atomic E-state index is 0.0109. The topological polar surface area (TPSA) is 68.9 Å². The van der Waals surface area contributed by atoms with Crippen molar-refractivity contribution in [3.05, 3.63) is 5.56 Å². The molecule has 0 aliphatic heterocycles. The largest absolute Gasteiger partial charge is 0.493 e. The Morgan fingerprint density at radius 2 is 2.27 bits per heavy atom. The summed E-state index contributed by atoms with van der Waals surface area (Å²) in [6.07, 6.45) is 0. The Bertz CT molecular complexity index is 371. The molecule has 0 atom stereocenters. The van der Waals surface area contributed by atoms with Crippen LogP contribution in [0.2, 0.25) is 0 Å². The molecule has 0 aliphatic rings. The lowest BCUT2D eigenvalue weighted by Gasteiger charge is -2.01. The van der Waals surface area contributed by atoms with Crippen molar-refractivity contribution in [2.24, 2.45) is 12.2 Å². The van der Waals surface area contributed by atoms with E-state index in [9.17, 15) is 5.11 Å². The van der Waals surface area contributed by atoms with E-state index in [-0.39, 0.29) is 5.88 Å². The highest BCUT2D eigenvalue weighted by atomic mass is 16.6. The van der Waals surface area contributed by atoms with Crippen molar-refractivity contribution in [2.75, 3.05) is 13.7 Å². The summed E-state index contributed by atoms with van der Waals surface area (Å²) in [4.78, 5) is 4.64. The number of aryl methyl sites for hydroxylation is 1. The van der Waals surface area contributed by atoms with Gasteiger partial charge >= 0.3 is 0 Å². The summed E-state index contributed by atoms with van der Waals surface area (Å²) in [5.41, 5.74) is 0.979. The van der Waals surface area contributed by atoms with Crippen LogP contribution >= 0.6 is 0 Å². The van der Waals surface area contributed by atoms with Crippen molar-refractivity contribution in [1.82, 2.24) is 9.78 Å². The fourth-order valence-electron chi connectivity index (χ4n) is 1.23. The highest BCUT2D eigenvalue weighted by Gasteiger charge is 2.19. The van der Waals surface area contributed by atoms with E-state index in [2.05, 4.69) is 15.1 Å². The first-order valence-corrected chi connectivity index (χ1v) is 4.58. The second-order valence-electron chi connectivity index (χ2n) is 2.92. The number of rotatable bonds is 4. The van der Waals surface area contributed by atoms with E-state index in [0.717, 1.165) is 0 Å². The van der Waals surface area contributed by atoms with Crippen molar-refractivity contribution < 1.29 is 14.7 Å². The van der Waals surface area contributed by atoms with Gasteiger partial charge in [0.25, 0.3) is 0 Å². The van der Waals surface area contributed by atoms with Crippen molar-refractivity contribution in [3.63, 3.8) is 0 Å². The highest BCUT2D eigenvalue weighted by molar-refractivity contribution is 6.02. The molecule has 0 bridgehead atoms. The molecule has 0 radical (unpaired) electrons. The molecule has 0 saturated heterocycles. The molecular formula is C9H15N3O3. The molecule has 0 spiro atoms. The molecule has 1 N–H and O–H groups in total. The average Bonchev–Trinajstić information content (AvgIpc) is 2.44. The van der Waals surface area contributed by atoms with Crippen LogP contribution in [-0.2, 0) is 11.9 Å². The van der Waals surface area contributed by atoms with Gasteiger partial charge in [-0.05, 0) is 13.8 Å². The van der Waals surface area contributed by atoms with E-state index >= 15 is 0 Å². The Labute approximate surface area is 88.1 Å².